The van der Waals surface area contributed by atoms with Crippen molar-refractivity contribution in [1.82, 2.24) is 0 Å². The van der Waals surface area contributed by atoms with E-state index >= 15 is 0 Å². The van der Waals surface area contributed by atoms with Crippen LogP contribution in [0.1, 0.15) is 135 Å². The van der Waals surface area contributed by atoms with E-state index in [-0.39, 0.29) is 24.4 Å². The van der Waals surface area contributed by atoms with Gasteiger partial charge in [0.1, 0.15) is 0 Å². The summed E-state index contributed by atoms with van der Waals surface area (Å²) in [5.74, 6) is 0.107. The Hall–Kier alpha value is -1.39. The van der Waals surface area contributed by atoms with Crippen LogP contribution in [0.5, 0.6) is 0 Å². The third-order valence-corrected chi connectivity index (χ3v) is 6.70. The van der Waals surface area contributed by atoms with Gasteiger partial charge in [-0.3, -0.25) is 4.79 Å². The molecule has 0 aliphatic carbocycles. The van der Waals surface area contributed by atoms with E-state index in [4.69, 9.17) is 9.47 Å². The number of ether oxygens (including phenoxy) is 2. The van der Waals surface area contributed by atoms with Crippen molar-refractivity contribution in [2.24, 2.45) is 0 Å². The van der Waals surface area contributed by atoms with E-state index in [2.05, 4.69) is 26.1 Å². The van der Waals surface area contributed by atoms with Gasteiger partial charge in [-0.05, 0) is 38.3 Å². The molecule has 0 bridgehead atoms. The van der Waals surface area contributed by atoms with Crippen molar-refractivity contribution in [2.75, 3.05) is 5.32 Å². The van der Waals surface area contributed by atoms with Crippen LogP contribution >= 0.6 is 0 Å². The molecule has 3 unspecified atom stereocenters. The van der Waals surface area contributed by atoms with Gasteiger partial charge in [0.2, 0.25) is 5.91 Å². The van der Waals surface area contributed by atoms with Gasteiger partial charge in [-0.25, -0.2) is 0 Å². The molecule has 4 heteroatoms. The minimum Gasteiger partial charge on any atom is -0.345 e. The molecule has 0 radical (unpaired) electrons. The molecule has 1 N–H and O–H groups in total. The number of carbonyl (C=O) groups is 1. The van der Waals surface area contributed by atoms with Gasteiger partial charge in [-0.1, -0.05) is 103 Å². The summed E-state index contributed by atoms with van der Waals surface area (Å²) in [6, 6.07) is 7.89. The first-order valence-corrected chi connectivity index (χ1v) is 13.8. The van der Waals surface area contributed by atoms with Crippen LogP contribution in [0.4, 0.5) is 5.69 Å². The number of hydrogen-bond acceptors (Lipinski definition) is 3. The molecule has 2 rings (SSSR count). The normalized spacial score (nSPS) is 20.6. The largest absolute Gasteiger partial charge is 0.345 e. The van der Waals surface area contributed by atoms with Crippen molar-refractivity contribution < 1.29 is 14.3 Å². The molecular weight excluding hydrogens is 410 g/mol. The zero-order chi connectivity index (χ0) is 23.7. The Labute approximate surface area is 203 Å². The number of rotatable bonds is 17. The predicted molar refractivity (Wildman–Crippen MR) is 138 cm³/mol. The first-order chi connectivity index (χ1) is 16.1. The maximum Gasteiger partial charge on any atom is 0.224 e. The zero-order valence-corrected chi connectivity index (χ0v) is 21.6. The Morgan fingerprint density at radius 3 is 1.91 bits per heavy atom. The van der Waals surface area contributed by atoms with Gasteiger partial charge in [-0.15, -0.1) is 0 Å². The number of carbonyl (C=O) groups excluding carboxylic acids is 1. The van der Waals surface area contributed by atoms with Crippen LogP contribution in [0, 0.1) is 0 Å². The minimum atomic E-state index is -0.311. The predicted octanol–water partition coefficient (Wildman–Crippen LogP) is 8.71. The first kappa shape index (κ1) is 27.9. The van der Waals surface area contributed by atoms with E-state index in [1.807, 2.05) is 24.3 Å². The number of unbranched alkanes of at least 4 members (excludes halogenated alkanes) is 12. The Morgan fingerprint density at radius 1 is 0.818 bits per heavy atom. The topological polar surface area (TPSA) is 47.6 Å². The summed E-state index contributed by atoms with van der Waals surface area (Å²) in [7, 11) is 0. The monoisotopic (exact) mass is 459 g/mol. The highest BCUT2D eigenvalue weighted by atomic mass is 16.7. The third-order valence-electron chi connectivity index (χ3n) is 6.70. The van der Waals surface area contributed by atoms with E-state index in [1.54, 1.807) is 0 Å². The second kappa shape index (κ2) is 17.1. The van der Waals surface area contributed by atoms with Crippen molar-refractivity contribution in [1.29, 1.82) is 0 Å². The average Bonchev–Trinajstić information content (AvgIpc) is 2.82. The van der Waals surface area contributed by atoms with Crippen LogP contribution < -0.4 is 5.32 Å². The lowest BCUT2D eigenvalue weighted by Gasteiger charge is -2.34. The molecule has 33 heavy (non-hydrogen) atoms. The highest BCUT2D eigenvalue weighted by Gasteiger charge is 2.27. The van der Waals surface area contributed by atoms with Crippen LogP contribution in [0.25, 0.3) is 0 Å². The fourth-order valence-electron chi connectivity index (χ4n) is 4.57. The summed E-state index contributed by atoms with van der Waals surface area (Å²) < 4.78 is 12.0. The van der Waals surface area contributed by atoms with Crippen LogP contribution in [-0.4, -0.2) is 18.1 Å². The molecule has 188 valence electrons. The average molecular weight is 460 g/mol. The molecule has 1 heterocycles. The number of benzene rings is 1. The van der Waals surface area contributed by atoms with Gasteiger partial charge in [0.05, 0.1) is 12.2 Å². The smallest absolute Gasteiger partial charge is 0.224 e. The summed E-state index contributed by atoms with van der Waals surface area (Å²) >= 11 is 0. The van der Waals surface area contributed by atoms with Crippen molar-refractivity contribution in [3.8, 4) is 0 Å². The van der Waals surface area contributed by atoms with Crippen LogP contribution in [0.3, 0.4) is 0 Å². The summed E-state index contributed by atoms with van der Waals surface area (Å²) in [5.41, 5.74) is 1.85. The molecule has 4 nitrogen and oxygen atoms in total. The quantitative estimate of drug-likeness (QED) is 0.237. The molecule has 0 aromatic heterocycles. The van der Waals surface area contributed by atoms with Gasteiger partial charge in [-0.2, -0.15) is 0 Å². The highest BCUT2D eigenvalue weighted by Crippen LogP contribution is 2.31. The lowest BCUT2D eigenvalue weighted by Crippen LogP contribution is -2.31. The second-order valence-electron chi connectivity index (χ2n) is 9.84. The maximum absolute atomic E-state index is 12.3. The van der Waals surface area contributed by atoms with E-state index < -0.39 is 0 Å². The van der Waals surface area contributed by atoms with E-state index in [0.29, 0.717) is 6.42 Å². The number of nitrogens with one attached hydrogen (secondary N) is 1. The Bertz CT molecular complexity index is 630. The van der Waals surface area contributed by atoms with Gasteiger partial charge >= 0.3 is 0 Å². The number of anilines is 1. The molecule has 1 aromatic carbocycles. The van der Waals surface area contributed by atoms with E-state index in [1.165, 1.54) is 70.6 Å². The Balaban J connectivity index is 1.50. The summed E-state index contributed by atoms with van der Waals surface area (Å²) in [5, 5.41) is 3.02. The van der Waals surface area contributed by atoms with E-state index in [9.17, 15) is 4.79 Å². The second-order valence-corrected chi connectivity index (χ2v) is 9.84. The fourth-order valence-corrected chi connectivity index (χ4v) is 4.57. The van der Waals surface area contributed by atoms with Crippen LogP contribution in [0.15, 0.2) is 24.3 Å². The summed E-state index contributed by atoms with van der Waals surface area (Å²) in [6.07, 6.45) is 19.9. The summed E-state index contributed by atoms with van der Waals surface area (Å²) in [4.78, 5) is 12.3. The Morgan fingerprint density at radius 2 is 1.36 bits per heavy atom. The number of hydrogen-bond donors (Lipinski definition) is 1. The maximum atomic E-state index is 12.3. The zero-order valence-electron chi connectivity index (χ0n) is 21.6. The standard InChI is InChI=1S/C29H49NO3/c1-4-6-7-8-9-10-11-12-13-14-15-16-17-18-28(31)30-26-21-19-25(20-22-26)29-32-24(3)23-27(5-2)33-29/h19-22,24,27,29H,4-18,23H2,1-3H3,(H,30,31). The fraction of sp³-hybridized carbons (Fsp3) is 0.759. The van der Waals surface area contributed by atoms with Gasteiger partial charge < -0.3 is 14.8 Å². The van der Waals surface area contributed by atoms with Crippen LogP contribution in [0.2, 0.25) is 0 Å². The van der Waals surface area contributed by atoms with Crippen LogP contribution in [-0.2, 0) is 14.3 Å². The molecule has 1 aliphatic heterocycles. The molecular formula is C29H49NO3. The van der Waals surface area contributed by atoms with Crippen molar-refractivity contribution in [2.45, 2.75) is 142 Å². The summed E-state index contributed by atoms with van der Waals surface area (Å²) in [6.45, 7) is 6.52. The molecule has 1 aliphatic rings. The van der Waals surface area contributed by atoms with Crippen molar-refractivity contribution in [3.63, 3.8) is 0 Å². The van der Waals surface area contributed by atoms with Gasteiger partial charge in [0.15, 0.2) is 6.29 Å². The lowest BCUT2D eigenvalue weighted by atomic mass is 10.0. The molecule has 0 saturated carbocycles. The Kier molecular flexibility index (Phi) is 14.4. The SMILES string of the molecule is CCCCCCCCCCCCCCCC(=O)Nc1ccc(C2OC(C)CC(CC)O2)cc1. The molecule has 1 fully saturated rings. The molecule has 3 atom stereocenters. The third kappa shape index (κ3) is 12.0. The van der Waals surface area contributed by atoms with Crippen molar-refractivity contribution >= 4 is 11.6 Å². The van der Waals surface area contributed by atoms with Crippen molar-refractivity contribution in [3.05, 3.63) is 29.8 Å². The first-order valence-electron chi connectivity index (χ1n) is 13.8. The lowest BCUT2D eigenvalue weighted by molar-refractivity contribution is -0.243. The van der Waals surface area contributed by atoms with Gasteiger partial charge in [0, 0.05) is 17.7 Å². The molecule has 0 spiro atoms. The number of amides is 1. The van der Waals surface area contributed by atoms with Gasteiger partial charge in [0.25, 0.3) is 0 Å². The molecule has 1 saturated heterocycles. The minimum absolute atomic E-state index is 0.107. The highest BCUT2D eigenvalue weighted by molar-refractivity contribution is 5.90. The molecule has 1 amide bonds. The van der Waals surface area contributed by atoms with E-state index in [0.717, 1.165) is 36.9 Å². The molecule has 1 aromatic rings.